The van der Waals surface area contributed by atoms with Gasteiger partial charge in [-0.25, -0.2) is 9.18 Å². The number of thiophene rings is 1. The highest BCUT2D eigenvalue weighted by Gasteiger charge is 2.12. The molecule has 0 unspecified atom stereocenters. The molecule has 0 radical (unpaired) electrons. The number of halogens is 1. The van der Waals surface area contributed by atoms with Crippen molar-refractivity contribution in [1.82, 2.24) is 0 Å². The summed E-state index contributed by atoms with van der Waals surface area (Å²) in [5.41, 5.74) is 1.22. The minimum absolute atomic E-state index is 0.269. The fourth-order valence-electron chi connectivity index (χ4n) is 1.67. The summed E-state index contributed by atoms with van der Waals surface area (Å²) in [6.07, 6.45) is 0. The van der Waals surface area contributed by atoms with Gasteiger partial charge in [0, 0.05) is 16.8 Å². The predicted molar refractivity (Wildman–Crippen MR) is 74.1 cm³/mol. The SMILES string of the molecule is COC(=O)c1ccc(F)cc1NCc1cc(C#N)cs1. The first kappa shape index (κ1) is 14.0. The number of carbonyl (C=O) groups is 1. The minimum atomic E-state index is -0.531. The van der Waals surface area contributed by atoms with Crippen molar-refractivity contribution in [1.29, 1.82) is 5.26 Å². The average molecular weight is 290 g/mol. The molecule has 1 aromatic carbocycles. The van der Waals surface area contributed by atoms with E-state index in [9.17, 15) is 9.18 Å². The molecule has 2 aromatic rings. The number of nitrogens with one attached hydrogen (secondary N) is 1. The van der Waals surface area contributed by atoms with Crippen LogP contribution in [-0.2, 0) is 11.3 Å². The van der Waals surface area contributed by atoms with Gasteiger partial charge in [0.25, 0.3) is 0 Å². The molecule has 0 atom stereocenters. The van der Waals surface area contributed by atoms with E-state index in [1.807, 2.05) is 6.07 Å². The van der Waals surface area contributed by atoms with E-state index in [0.29, 0.717) is 17.8 Å². The van der Waals surface area contributed by atoms with Crippen LogP contribution in [0.25, 0.3) is 0 Å². The third kappa shape index (κ3) is 3.13. The van der Waals surface area contributed by atoms with E-state index in [0.717, 1.165) is 4.88 Å². The lowest BCUT2D eigenvalue weighted by molar-refractivity contribution is 0.0602. The molecule has 0 aliphatic carbocycles. The van der Waals surface area contributed by atoms with Crippen LogP contribution in [0.15, 0.2) is 29.6 Å². The number of anilines is 1. The number of methoxy groups -OCH3 is 1. The van der Waals surface area contributed by atoms with Crippen molar-refractivity contribution in [2.45, 2.75) is 6.54 Å². The molecule has 1 aromatic heterocycles. The molecule has 4 nitrogen and oxygen atoms in total. The summed E-state index contributed by atoms with van der Waals surface area (Å²) in [7, 11) is 1.27. The Morgan fingerprint density at radius 2 is 2.30 bits per heavy atom. The van der Waals surface area contributed by atoms with Crippen molar-refractivity contribution in [3.05, 3.63) is 51.5 Å². The smallest absolute Gasteiger partial charge is 0.339 e. The molecule has 6 heteroatoms. The lowest BCUT2D eigenvalue weighted by Crippen LogP contribution is -2.08. The Labute approximate surface area is 119 Å². The number of hydrogen-bond donors (Lipinski definition) is 1. The molecule has 0 saturated carbocycles. The maximum absolute atomic E-state index is 13.3. The number of nitriles is 1. The fourth-order valence-corrected chi connectivity index (χ4v) is 2.41. The van der Waals surface area contributed by atoms with Crippen LogP contribution >= 0.6 is 11.3 Å². The Morgan fingerprint density at radius 1 is 1.50 bits per heavy atom. The molecule has 0 aliphatic rings. The van der Waals surface area contributed by atoms with Crippen LogP contribution in [0, 0.1) is 17.1 Å². The van der Waals surface area contributed by atoms with E-state index in [4.69, 9.17) is 5.26 Å². The van der Waals surface area contributed by atoms with Crippen molar-refractivity contribution in [2.24, 2.45) is 0 Å². The van der Waals surface area contributed by atoms with Gasteiger partial charge in [0.05, 0.1) is 23.9 Å². The number of hydrogen-bond acceptors (Lipinski definition) is 5. The summed E-state index contributed by atoms with van der Waals surface area (Å²) in [6, 6.07) is 7.61. The van der Waals surface area contributed by atoms with Crippen molar-refractivity contribution < 1.29 is 13.9 Å². The Hall–Kier alpha value is -2.39. The van der Waals surface area contributed by atoms with E-state index >= 15 is 0 Å². The second-order valence-electron chi connectivity index (χ2n) is 3.95. The van der Waals surface area contributed by atoms with E-state index in [1.54, 1.807) is 11.4 Å². The van der Waals surface area contributed by atoms with Gasteiger partial charge < -0.3 is 10.1 Å². The highest BCUT2D eigenvalue weighted by atomic mass is 32.1. The third-order valence-corrected chi connectivity index (χ3v) is 3.56. The second-order valence-corrected chi connectivity index (χ2v) is 4.94. The summed E-state index contributed by atoms with van der Waals surface area (Å²) >= 11 is 1.42. The fraction of sp³-hybridized carbons (Fsp3) is 0.143. The van der Waals surface area contributed by atoms with Crippen molar-refractivity contribution >= 4 is 23.0 Å². The Balaban J connectivity index is 2.18. The number of rotatable bonds is 4. The van der Waals surface area contributed by atoms with Crippen LogP contribution in [0.2, 0.25) is 0 Å². The van der Waals surface area contributed by atoms with Gasteiger partial charge in [0.15, 0.2) is 0 Å². The minimum Gasteiger partial charge on any atom is -0.465 e. The van der Waals surface area contributed by atoms with Crippen LogP contribution in [0.3, 0.4) is 0 Å². The van der Waals surface area contributed by atoms with Crippen LogP contribution in [0.4, 0.5) is 10.1 Å². The monoisotopic (exact) mass is 290 g/mol. The predicted octanol–water partition coefficient (Wildman–Crippen LogP) is 3.16. The van der Waals surface area contributed by atoms with E-state index < -0.39 is 11.8 Å². The second kappa shape index (κ2) is 6.17. The summed E-state index contributed by atoms with van der Waals surface area (Å²) in [5.74, 6) is -0.972. The molecular weight excluding hydrogens is 279 g/mol. The summed E-state index contributed by atoms with van der Waals surface area (Å²) < 4.78 is 17.9. The summed E-state index contributed by atoms with van der Waals surface area (Å²) in [5, 5.41) is 13.5. The summed E-state index contributed by atoms with van der Waals surface area (Å²) in [6.45, 7) is 0.403. The van der Waals surface area contributed by atoms with E-state index in [2.05, 4.69) is 10.1 Å². The van der Waals surface area contributed by atoms with Crippen LogP contribution in [-0.4, -0.2) is 13.1 Å². The van der Waals surface area contributed by atoms with Gasteiger partial charge in [-0.3, -0.25) is 0 Å². The molecule has 1 heterocycles. The molecule has 0 bridgehead atoms. The van der Waals surface area contributed by atoms with E-state index in [1.165, 1.54) is 36.6 Å². The number of ether oxygens (including phenoxy) is 1. The van der Waals surface area contributed by atoms with E-state index in [-0.39, 0.29) is 5.56 Å². The van der Waals surface area contributed by atoms with Gasteiger partial charge in [0.2, 0.25) is 0 Å². The zero-order valence-electron chi connectivity index (χ0n) is 10.6. The Morgan fingerprint density at radius 3 is 2.95 bits per heavy atom. The number of esters is 1. The highest BCUT2D eigenvalue weighted by molar-refractivity contribution is 7.10. The zero-order chi connectivity index (χ0) is 14.5. The Kier molecular flexibility index (Phi) is 4.33. The molecule has 0 saturated heterocycles. The van der Waals surface area contributed by atoms with Crippen molar-refractivity contribution in [3.8, 4) is 6.07 Å². The molecular formula is C14H11FN2O2S. The van der Waals surface area contributed by atoms with Gasteiger partial charge in [-0.2, -0.15) is 5.26 Å². The van der Waals surface area contributed by atoms with Crippen LogP contribution in [0.1, 0.15) is 20.8 Å². The van der Waals surface area contributed by atoms with Crippen molar-refractivity contribution in [2.75, 3.05) is 12.4 Å². The molecule has 0 fully saturated rings. The van der Waals surface area contributed by atoms with Gasteiger partial charge >= 0.3 is 5.97 Å². The van der Waals surface area contributed by atoms with Gasteiger partial charge in [-0.1, -0.05) is 0 Å². The third-order valence-electron chi connectivity index (χ3n) is 2.62. The molecule has 0 aliphatic heterocycles. The maximum Gasteiger partial charge on any atom is 0.339 e. The standard InChI is InChI=1S/C14H11FN2O2S/c1-19-14(18)12-3-2-10(15)5-13(12)17-7-11-4-9(6-16)8-20-11/h2-5,8,17H,7H2,1H3. The Bertz CT molecular complexity index is 676. The number of benzene rings is 1. The van der Waals surface area contributed by atoms with Crippen molar-refractivity contribution in [3.63, 3.8) is 0 Å². The molecule has 0 amide bonds. The molecule has 102 valence electrons. The molecule has 20 heavy (non-hydrogen) atoms. The van der Waals surface area contributed by atoms with Crippen LogP contribution < -0.4 is 5.32 Å². The number of nitrogens with zero attached hydrogens (tertiary/aromatic N) is 1. The lowest BCUT2D eigenvalue weighted by Gasteiger charge is -2.10. The summed E-state index contributed by atoms with van der Waals surface area (Å²) in [4.78, 5) is 12.5. The number of carbonyl (C=O) groups excluding carboxylic acids is 1. The first-order valence-corrected chi connectivity index (χ1v) is 6.61. The largest absolute Gasteiger partial charge is 0.465 e. The molecule has 1 N–H and O–H groups in total. The van der Waals surface area contributed by atoms with Gasteiger partial charge in [0.1, 0.15) is 11.9 Å². The van der Waals surface area contributed by atoms with Gasteiger partial charge in [-0.15, -0.1) is 11.3 Å². The molecule has 0 spiro atoms. The zero-order valence-corrected chi connectivity index (χ0v) is 11.5. The average Bonchev–Trinajstić information content (AvgIpc) is 2.92. The first-order chi connectivity index (χ1) is 9.63. The molecule has 2 rings (SSSR count). The van der Waals surface area contributed by atoms with Crippen LogP contribution in [0.5, 0.6) is 0 Å². The van der Waals surface area contributed by atoms with Gasteiger partial charge in [-0.05, 0) is 24.3 Å². The topological polar surface area (TPSA) is 62.1 Å². The quantitative estimate of drug-likeness (QED) is 0.879. The maximum atomic E-state index is 13.3. The lowest BCUT2D eigenvalue weighted by atomic mass is 10.1. The highest BCUT2D eigenvalue weighted by Crippen LogP contribution is 2.21. The first-order valence-electron chi connectivity index (χ1n) is 5.73. The normalized spacial score (nSPS) is 9.85.